The lowest BCUT2D eigenvalue weighted by atomic mass is 10.2. The molecule has 0 spiro atoms. The standard InChI is InChI=1S/C14H21N3O2/c1-11(15)10-14(18)16-12-4-2-3-5-13(12)17-6-8-19-9-7-17/h2-5,11H,6-10,15H2,1H3,(H,16,18). The third kappa shape index (κ3) is 3.94. The fourth-order valence-electron chi connectivity index (χ4n) is 2.15. The first-order chi connectivity index (χ1) is 9.16. The topological polar surface area (TPSA) is 67.6 Å². The SMILES string of the molecule is CC(N)CC(=O)Nc1ccccc1N1CCOCC1. The van der Waals surface area contributed by atoms with Crippen molar-refractivity contribution < 1.29 is 9.53 Å². The number of benzene rings is 1. The van der Waals surface area contributed by atoms with Crippen molar-refractivity contribution in [1.82, 2.24) is 0 Å². The second-order valence-electron chi connectivity index (χ2n) is 4.85. The quantitative estimate of drug-likeness (QED) is 0.856. The van der Waals surface area contributed by atoms with E-state index in [0.717, 1.165) is 37.7 Å². The molecule has 1 heterocycles. The van der Waals surface area contributed by atoms with E-state index >= 15 is 0 Å². The molecule has 1 fully saturated rings. The Morgan fingerprint density at radius 1 is 1.42 bits per heavy atom. The molecule has 0 aliphatic carbocycles. The summed E-state index contributed by atoms with van der Waals surface area (Å²) in [5, 5.41) is 2.94. The van der Waals surface area contributed by atoms with E-state index in [-0.39, 0.29) is 11.9 Å². The van der Waals surface area contributed by atoms with Gasteiger partial charge in [-0.15, -0.1) is 0 Å². The van der Waals surface area contributed by atoms with Crippen molar-refractivity contribution in [2.24, 2.45) is 5.73 Å². The van der Waals surface area contributed by atoms with Gasteiger partial charge in [0.1, 0.15) is 0 Å². The van der Waals surface area contributed by atoms with Gasteiger partial charge in [0.25, 0.3) is 0 Å². The Morgan fingerprint density at radius 3 is 2.79 bits per heavy atom. The molecule has 1 atom stereocenters. The van der Waals surface area contributed by atoms with Gasteiger partial charge in [-0.2, -0.15) is 0 Å². The van der Waals surface area contributed by atoms with Crippen molar-refractivity contribution in [3.63, 3.8) is 0 Å². The average molecular weight is 263 g/mol. The molecular formula is C14H21N3O2. The predicted octanol–water partition coefficient (Wildman–Crippen LogP) is 1.20. The highest BCUT2D eigenvalue weighted by atomic mass is 16.5. The largest absolute Gasteiger partial charge is 0.378 e. The average Bonchev–Trinajstić information content (AvgIpc) is 2.39. The molecular weight excluding hydrogens is 242 g/mol. The normalized spacial score (nSPS) is 17.1. The van der Waals surface area contributed by atoms with Gasteiger partial charge in [0.05, 0.1) is 24.6 Å². The highest BCUT2D eigenvalue weighted by Crippen LogP contribution is 2.26. The summed E-state index contributed by atoms with van der Waals surface area (Å²) in [4.78, 5) is 14.1. The number of carbonyl (C=O) groups excluding carboxylic acids is 1. The van der Waals surface area contributed by atoms with Gasteiger partial charge in [0, 0.05) is 25.6 Å². The Kier molecular flexibility index (Phi) is 4.76. The summed E-state index contributed by atoms with van der Waals surface area (Å²) in [5.41, 5.74) is 7.53. The number of nitrogens with zero attached hydrogens (tertiary/aromatic N) is 1. The van der Waals surface area contributed by atoms with E-state index in [0.29, 0.717) is 6.42 Å². The summed E-state index contributed by atoms with van der Waals surface area (Å²) in [6, 6.07) is 7.71. The van der Waals surface area contributed by atoms with Crippen LogP contribution in [-0.2, 0) is 9.53 Å². The van der Waals surface area contributed by atoms with Crippen molar-refractivity contribution >= 4 is 17.3 Å². The molecule has 19 heavy (non-hydrogen) atoms. The summed E-state index contributed by atoms with van der Waals surface area (Å²) < 4.78 is 5.35. The molecule has 0 aromatic heterocycles. The van der Waals surface area contributed by atoms with Gasteiger partial charge in [-0.25, -0.2) is 0 Å². The van der Waals surface area contributed by atoms with Crippen LogP contribution in [0.1, 0.15) is 13.3 Å². The van der Waals surface area contributed by atoms with Crippen LogP contribution in [0.3, 0.4) is 0 Å². The summed E-state index contributed by atoms with van der Waals surface area (Å²) in [5.74, 6) is -0.0456. The molecule has 1 aliphatic rings. The van der Waals surface area contributed by atoms with Gasteiger partial charge >= 0.3 is 0 Å². The molecule has 0 bridgehead atoms. The van der Waals surface area contributed by atoms with Crippen molar-refractivity contribution in [1.29, 1.82) is 0 Å². The Labute approximate surface area is 113 Å². The minimum Gasteiger partial charge on any atom is -0.378 e. The minimum absolute atomic E-state index is 0.0456. The first-order valence-corrected chi connectivity index (χ1v) is 6.64. The van der Waals surface area contributed by atoms with Crippen LogP contribution in [0.15, 0.2) is 24.3 Å². The van der Waals surface area contributed by atoms with Crippen LogP contribution in [-0.4, -0.2) is 38.3 Å². The summed E-state index contributed by atoms with van der Waals surface area (Å²) in [7, 11) is 0. The highest BCUT2D eigenvalue weighted by Gasteiger charge is 2.15. The van der Waals surface area contributed by atoms with Crippen molar-refractivity contribution in [3.8, 4) is 0 Å². The summed E-state index contributed by atoms with van der Waals surface area (Å²) >= 11 is 0. The second-order valence-corrected chi connectivity index (χ2v) is 4.85. The summed E-state index contributed by atoms with van der Waals surface area (Å²) in [6.45, 7) is 4.97. The van der Waals surface area contributed by atoms with Gasteiger partial charge in [0.2, 0.25) is 5.91 Å². The third-order valence-electron chi connectivity index (χ3n) is 3.04. The van der Waals surface area contributed by atoms with Gasteiger partial charge < -0.3 is 20.7 Å². The number of rotatable bonds is 4. The molecule has 1 aliphatic heterocycles. The van der Waals surface area contributed by atoms with Gasteiger partial charge in [-0.3, -0.25) is 4.79 Å². The number of carbonyl (C=O) groups is 1. The van der Waals surface area contributed by atoms with Crippen LogP contribution in [0.25, 0.3) is 0 Å². The highest BCUT2D eigenvalue weighted by molar-refractivity contribution is 5.94. The molecule has 1 saturated heterocycles. The zero-order chi connectivity index (χ0) is 13.7. The Bertz CT molecular complexity index is 428. The van der Waals surface area contributed by atoms with Gasteiger partial charge in [-0.1, -0.05) is 12.1 Å². The van der Waals surface area contributed by atoms with E-state index in [1.54, 1.807) is 0 Å². The first kappa shape index (κ1) is 13.8. The van der Waals surface area contributed by atoms with Crippen LogP contribution in [0.4, 0.5) is 11.4 Å². The smallest absolute Gasteiger partial charge is 0.225 e. The number of hydrogen-bond donors (Lipinski definition) is 2. The molecule has 1 aromatic rings. The number of hydrogen-bond acceptors (Lipinski definition) is 4. The lowest BCUT2D eigenvalue weighted by Crippen LogP contribution is -2.36. The number of morpholine rings is 1. The monoisotopic (exact) mass is 263 g/mol. The number of nitrogens with one attached hydrogen (secondary N) is 1. The molecule has 5 nitrogen and oxygen atoms in total. The molecule has 1 aromatic carbocycles. The maximum Gasteiger partial charge on any atom is 0.225 e. The molecule has 3 N–H and O–H groups in total. The number of amides is 1. The molecule has 5 heteroatoms. The van der Waals surface area contributed by atoms with E-state index in [2.05, 4.69) is 10.2 Å². The van der Waals surface area contributed by atoms with E-state index in [1.165, 1.54) is 0 Å². The fourth-order valence-corrected chi connectivity index (χ4v) is 2.15. The zero-order valence-corrected chi connectivity index (χ0v) is 11.3. The van der Waals surface area contributed by atoms with Crippen molar-refractivity contribution in [2.45, 2.75) is 19.4 Å². The minimum atomic E-state index is -0.129. The number of nitrogens with two attached hydrogens (primary N) is 1. The molecule has 104 valence electrons. The first-order valence-electron chi connectivity index (χ1n) is 6.64. The van der Waals surface area contributed by atoms with Gasteiger partial charge in [-0.05, 0) is 19.1 Å². The number of anilines is 2. The van der Waals surface area contributed by atoms with Crippen LogP contribution < -0.4 is 16.0 Å². The number of ether oxygens (including phenoxy) is 1. The van der Waals surface area contributed by atoms with Crippen LogP contribution in [0.5, 0.6) is 0 Å². The fraction of sp³-hybridized carbons (Fsp3) is 0.500. The third-order valence-corrected chi connectivity index (χ3v) is 3.04. The van der Waals surface area contributed by atoms with Crippen LogP contribution >= 0.6 is 0 Å². The second kappa shape index (κ2) is 6.54. The lowest BCUT2D eigenvalue weighted by Gasteiger charge is -2.30. The van der Waals surface area contributed by atoms with E-state index in [1.807, 2.05) is 31.2 Å². The van der Waals surface area contributed by atoms with Crippen LogP contribution in [0, 0.1) is 0 Å². The van der Waals surface area contributed by atoms with Crippen LogP contribution in [0.2, 0.25) is 0 Å². The van der Waals surface area contributed by atoms with Crippen molar-refractivity contribution in [2.75, 3.05) is 36.5 Å². The lowest BCUT2D eigenvalue weighted by molar-refractivity contribution is -0.116. The predicted molar refractivity (Wildman–Crippen MR) is 76.4 cm³/mol. The maximum absolute atomic E-state index is 11.8. The Morgan fingerprint density at radius 2 is 2.11 bits per heavy atom. The molecule has 0 saturated carbocycles. The molecule has 2 rings (SSSR count). The van der Waals surface area contributed by atoms with E-state index < -0.39 is 0 Å². The van der Waals surface area contributed by atoms with E-state index in [9.17, 15) is 4.79 Å². The Balaban J connectivity index is 2.09. The van der Waals surface area contributed by atoms with Gasteiger partial charge in [0.15, 0.2) is 0 Å². The molecule has 1 amide bonds. The molecule has 1 unspecified atom stereocenters. The Hall–Kier alpha value is -1.59. The van der Waals surface area contributed by atoms with Crippen molar-refractivity contribution in [3.05, 3.63) is 24.3 Å². The summed E-state index contributed by atoms with van der Waals surface area (Å²) in [6.07, 6.45) is 0.331. The maximum atomic E-state index is 11.8. The van der Waals surface area contributed by atoms with E-state index in [4.69, 9.17) is 10.5 Å². The number of para-hydroxylation sites is 2. The molecule has 0 radical (unpaired) electrons. The zero-order valence-electron chi connectivity index (χ0n) is 11.3.